The average molecular weight is 395 g/mol. The minimum atomic E-state index is 0.231. The zero-order valence-electron chi connectivity index (χ0n) is 16.0. The summed E-state index contributed by atoms with van der Waals surface area (Å²) in [6.45, 7) is 4.18. The van der Waals surface area contributed by atoms with Crippen molar-refractivity contribution in [3.8, 4) is 17.1 Å². The van der Waals surface area contributed by atoms with E-state index >= 15 is 0 Å². The molecule has 1 N–H and O–H groups in total. The fourth-order valence-corrected chi connectivity index (χ4v) is 4.55. The maximum absolute atomic E-state index is 10.3. The molecule has 4 rings (SSSR count). The Morgan fingerprint density at radius 1 is 0.893 bits per heavy atom. The monoisotopic (exact) mass is 394 g/mol. The quantitative estimate of drug-likeness (QED) is 0.606. The summed E-state index contributed by atoms with van der Waals surface area (Å²) in [6.07, 6.45) is 3.98. The van der Waals surface area contributed by atoms with Gasteiger partial charge in [0.05, 0.1) is 12.1 Å². The van der Waals surface area contributed by atoms with Crippen molar-refractivity contribution in [2.45, 2.75) is 31.0 Å². The van der Waals surface area contributed by atoms with Gasteiger partial charge < -0.3 is 10.0 Å². The number of nitrogens with zero attached hydrogens (tertiary/aromatic N) is 4. The largest absolute Gasteiger partial charge is 0.507 e. The Bertz CT molecular complexity index is 891. The van der Waals surface area contributed by atoms with Gasteiger partial charge in [0.15, 0.2) is 11.0 Å². The summed E-state index contributed by atoms with van der Waals surface area (Å²) < 4.78 is 2.12. The molecule has 5 nitrogen and oxygen atoms in total. The van der Waals surface area contributed by atoms with E-state index in [1.807, 2.05) is 36.4 Å². The summed E-state index contributed by atoms with van der Waals surface area (Å²) in [5.41, 5.74) is 1.91. The average Bonchev–Trinajstić information content (AvgIpc) is 3.12. The van der Waals surface area contributed by atoms with Crippen LogP contribution in [0.25, 0.3) is 11.4 Å². The van der Waals surface area contributed by atoms with Crippen LogP contribution in [0, 0.1) is 0 Å². The number of hydrogen-bond acceptors (Lipinski definition) is 5. The first kappa shape index (κ1) is 19.0. The molecule has 1 aromatic heterocycles. The highest BCUT2D eigenvalue weighted by molar-refractivity contribution is 7.99. The first-order chi connectivity index (χ1) is 13.8. The molecule has 0 spiro atoms. The number of piperidine rings is 1. The highest BCUT2D eigenvalue weighted by Gasteiger charge is 2.18. The van der Waals surface area contributed by atoms with Gasteiger partial charge >= 0.3 is 0 Å². The zero-order chi connectivity index (χ0) is 19.2. The number of aromatic nitrogens is 3. The van der Waals surface area contributed by atoms with E-state index in [-0.39, 0.29) is 5.75 Å². The Hall–Kier alpha value is -2.31. The van der Waals surface area contributed by atoms with E-state index in [0.717, 1.165) is 17.5 Å². The first-order valence-electron chi connectivity index (χ1n) is 9.92. The number of phenolic OH excluding ortho intramolecular Hbond substituents is 1. The molecular formula is C22H26N4OS. The van der Waals surface area contributed by atoms with E-state index in [1.165, 1.54) is 37.9 Å². The number of thioether (sulfide) groups is 1. The Morgan fingerprint density at radius 3 is 2.43 bits per heavy atom. The Kier molecular flexibility index (Phi) is 6.29. The Balaban J connectivity index is 1.56. The second kappa shape index (κ2) is 9.26. The fourth-order valence-electron chi connectivity index (χ4n) is 3.62. The van der Waals surface area contributed by atoms with Crippen LogP contribution in [-0.4, -0.2) is 50.2 Å². The maximum atomic E-state index is 10.3. The Morgan fingerprint density at radius 2 is 1.64 bits per heavy atom. The molecule has 146 valence electrons. The highest BCUT2D eigenvalue weighted by atomic mass is 32.2. The third-order valence-electron chi connectivity index (χ3n) is 5.13. The zero-order valence-corrected chi connectivity index (χ0v) is 16.8. The molecule has 2 heterocycles. The van der Waals surface area contributed by atoms with Gasteiger partial charge in [-0.25, -0.2) is 0 Å². The van der Waals surface area contributed by atoms with Crippen molar-refractivity contribution in [3.63, 3.8) is 0 Å². The van der Waals surface area contributed by atoms with Gasteiger partial charge in [-0.05, 0) is 43.6 Å². The summed E-state index contributed by atoms with van der Waals surface area (Å²) in [4.78, 5) is 2.54. The normalized spacial score (nSPS) is 15.0. The first-order valence-corrected chi connectivity index (χ1v) is 10.9. The topological polar surface area (TPSA) is 54.2 Å². The fraction of sp³-hybridized carbons (Fsp3) is 0.364. The molecule has 28 heavy (non-hydrogen) atoms. The van der Waals surface area contributed by atoms with Crippen molar-refractivity contribution in [2.75, 3.05) is 25.4 Å². The summed E-state index contributed by atoms with van der Waals surface area (Å²) in [6, 6.07) is 17.7. The van der Waals surface area contributed by atoms with Crippen LogP contribution in [0.4, 0.5) is 0 Å². The lowest BCUT2D eigenvalue weighted by atomic mass is 10.1. The molecule has 1 saturated heterocycles. The molecule has 0 bridgehead atoms. The molecule has 0 atom stereocenters. The van der Waals surface area contributed by atoms with Crippen LogP contribution in [-0.2, 0) is 6.54 Å². The van der Waals surface area contributed by atoms with E-state index in [1.54, 1.807) is 17.8 Å². The van der Waals surface area contributed by atoms with E-state index in [0.29, 0.717) is 17.9 Å². The van der Waals surface area contributed by atoms with Crippen LogP contribution in [0.2, 0.25) is 0 Å². The molecule has 3 aromatic rings. The molecule has 1 fully saturated rings. The molecule has 6 heteroatoms. The number of phenols is 1. The number of benzene rings is 2. The number of aromatic hydroxyl groups is 1. The van der Waals surface area contributed by atoms with Crippen molar-refractivity contribution in [2.24, 2.45) is 0 Å². The van der Waals surface area contributed by atoms with E-state index in [4.69, 9.17) is 0 Å². The number of para-hydroxylation sites is 1. The van der Waals surface area contributed by atoms with Gasteiger partial charge in [-0.2, -0.15) is 0 Å². The summed E-state index contributed by atoms with van der Waals surface area (Å²) in [5, 5.41) is 20.1. The lowest BCUT2D eigenvalue weighted by Gasteiger charge is -2.25. The van der Waals surface area contributed by atoms with Crippen LogP contribution >= 0.6 is 11.8 Å². The lowest BCUT2D eigenvalue weighted by molar-refractivity contribution is 0.242. The molecule has 2 aromatic carbocycles. The van der Waals surface area contributed by atoms with Gasteiger partial charge in [-0.15, -0.1) is 10.2 Å². The molecule has 1 aliphatic rings. The Labute approximate surface area is 170 Å². The SMILES string of the molecule is Oc1ccccc1-c1nnc(SCCN2CCCCC2)n1Cc1ccccc1. The van der Waals surface area contributed by atoms with Crippen molar-refractivity contribution < 1.29 is 5.11 Å². The second-order valence-electron chi connectivity index (χ2n) is 7.15. The molecule has 0 unspecified atom stereocenters. The van der Waals surface area contributed by atoms with Crippen LogP contribution in [0.3, 0.4) is 0 Å². The minimum absolute atomic E-state index is 0.231. The predicted octanol–water partition coefficient (Wildman–Crippen LogP) is 4.28. The molecule has 0 saturated carbocycles. The number of rotatable bonds is 7. The predicted molar refractivity (Wildman–Crippen MR) is 114 cm³/mol. The standard InChI is InChI=1S/C22H26N4OS/c27-20-12-6-5-11-19(20)21-23-24-22(26(21)17-18-9-3-1-4-10-18)28-16-15-25-13-7-2-8-14-25/h1,3-6,9-12,27H,2,7-8,13-17H2. The minimum Gasteiger partial charge on any atom is -0.507 e. The lowest BCUT2D eigenvalue weighted by Crippen LogP contribution is -2.31. The van der Waals surface area contributed by atoms with Gasteiger partial charge in [-0.1, -0.05) is 60.6 Å². The number of hydrogen-bond donors (Lipinski definition) is 1. The molecule has 1 aliphatic heterocycles. The third kappa shape index (κ3) is 4.56. The smallest absolute Gasteiger partial charge is 0.191 e. The third-order valence-corrected chi connectivity index (χ3v) is 6.08. The van der Waals surface area contributed by atoms with Gasteiger partial charge in [0.25, 0.3) is 0 Å². The molecule has 0 aliphatic carbocycles. The molecular weight excluding hydrogens is 368 g/mol. The van der Waals surface area contributed by atoms with Crippen molar-refractivity contribution in [1.82, 2.24) is 19.7 Å². The van der Waals surface area contributed by atoms with Crippen LogP contribution in [0.15, 0.2) is 59.8 Å². The van der Waals surface area contributed by atoms with E-state index < -0.39 is 0 Å². The maximum Gasteiger partial charge on any atom is 0.191 e. The number of likely N-dealkylation sites (tertiary alicyclic amines) is 1. The van der Waals surface area contributed by atoms with Crippen LogP contribution in [0.1, 0.15) is 24.8 Å². The molecule has 0 amide bonds. The second-order valence-corrected chi connectivity index (χ2v) is 8.21. The van der Waals surface area contributed by atoms with Gasteiger partial charge in [0.2, 0.25) is 0 Å². The summed E-state index contributed by atoms with van der Waals surface area (Å²) >= 11 is 1.75. The van der Waals surface area contributed by atoms with Gasteiger partial charge in [0.1, 0.15) is 5.75 Å². The van der Waals surface area contributed by atoms with E-state index in [9.17, 15) is 5.11 Å². The highest BCUT2D eigenvalue weighted by Crippen LogP contribution is 2.30. The van der Waals surface area contributed by atoms with Gasteiger partial charge in [-0.3, -0.25) is 4.57 Å². The summed E-state index contributed by atoms with van der Waals surface area (Å²) in [5.74, 6) is 1.93. The van der Waals surface area contributed by atoms with Crippen molar-refractivity contribution in [1.29, 1.82) is 0 Å². The van der Waals surface area contributed by atoms with E-state index in [2.05, 4.69) is 31.8 Å². The summed E-state index contributed by atoms with van der Waals surface area (Å²) in [7, 11) is 0. The molecule has 0 radical (unpaired) electrons. The van der Waals surface area contributed by atoms with Crippen LogP contribution in [0.5, 0.6) is 5.75 Å². The van der Waals surface area contributed by atoms with Crippen LogP contribution < -0.4 is 0 Å². The van der Waals surface area contributed by atoms with Crippen molar-refractivity contribution in [3.05, 3.63) is 60.2 Å². The van der Waals surface area contributed by atoms with Gasteiger partial charge in [0, 0.05) is 12.3 Å². The van der Waals surface area contributed by atoms with Crippen molar-refractivity contribution >= 4 is 11.8 Å².